The molecule has 0 saturated carbocycles. The fraction of sp³-hybridized carbons (Fsp3) is 0.167. The molecule has 0 aliphatic rings. The van der Waals surface area contributed by atoms with Gasteiger partial charge in [-0.25, -0.2) is 4.98 Å². The number of hydrogen-bond donors (Lipinski definition) is 0. The number of ether oxygens (including phenoxy) is 1. The Labute approximate surface area is 108 Å². The molecule has 5 heteroatoms. The molecular weight excluding hydrogens is 258 g/mol. The van der Waals surface area contributed by atoms with E-state index in [0.29, 0.717) is 5.02 Å². The van der Waals surface area contributed by atoms with E-state index in [1.807, 2.05) is 29.6 Å². The number of nitrogens with zero attached hydrogens (tertiary/aromatic N) is 1. The van der Waals surface area contributed by atoms with Gasteiger partial charge in [0.15, 0.2) is 0 Å². The topological polar surface area (TPSA) is 39.2 Å². The summed E-state index contributed by atoms with van der Waals surface area (Å²) in [4.78, 5) is 15.5. The monoisotopic (exact) mass is 267 g/mol. The maximum absolute atomic E-state index is 11.1. The number of benzene rings is 1. The standard InChI is InChI=1S/C12H10ClNO2S/c1-16-11(15)6-10-7-17-12(14-10)8-2-4-9(13)5-3-8/h2-5,7H,6H2,1H3. The summed E-state index contributed by atoms with van der Waals surface area (Å²) in [5, 5.41) is 3.43. The molecule has 2 rings (SSSR count). The highest BCUT2D eigenvalue weighted by Crippen LogP contribution is 2.25. The maximum Gasteiger partial charge on any atom is 0.311 e. The lowest BCUT2D eigenvalue weighted by Gasteiger charge is -1.96. The molecule has 0 fully saturated rings. The Kier molecular flexibility index (Phi) is 3.76. The Hall–Kier alpha value is -1.39. The van der Waals surface area contributed by atoms with E-state index in [9.17, 15) is 4.79 Å². The summed E-state index contributed by atoms with van der Waals surface area (Å²) in [6, 6.07) is 7.45. The predicted octanol–water partition coefficient (Wildman–Crippen LogP) is 3.18. The van der Waals surface area contributed by atoms with Crippen molar-refractivity contribution in [1.82, 2.24) is 4.98 Å². The maximum atomic E-state index is 11.1. The highest BCUT2D eigenvalue weighted by Gasteiger charge is 2.08. The molecule has 0 saturated heterocycles. The Bertz CT molecular complexity index is 522. The Balaban J connectivity index is 2.18. The molecule has 0 amide bonds. The van der Waals surface area contributed by atoms with Gasteiger partial charge in [0.25, 0.3) is 0 Å². The van der Waals surface area contributed by atoms with Crippen LogP contribution in [0.4, 0.5) is 0 Å². The molecule has 1 aromatic heterocycles. The summed E-state index contributed by atoms with van der Waals surface area (Å²) in [6.07, 6.45) is 0.209. The number of halogens is 1. The van der Waals surface area contributed by atoms with E-state index in [-0.39, 0.29) is 12.4 Å². The van der Waals surface area contributed by atoms with Crippen molar-refractivity contribution >= 4 is 28.9 Å². The molecule has 0 atom stereocenters. The van der Waals surface area contributed by atoms with E-state index in [2.05, 4.69) is 9.72 Å². The van der Waals surface area contributed by atoms with Crippen LogP contribution in [0.5, 0.6) is 0 Å². The SMILES string of the molecule is COC(=O)Cc1csc(-c2ccc(Cl)cc2)n1. The average Bonchev–Trinajstić information content (AvgIpc) is 2.78. The van der Waals surface area contributed by atoms with Crippen LogP contribution >= 0.6 is 22.9 Å². The first-order valence-corrected chi connectivity index (χ1v) is 6.22. The summed E-state index contributed by atoms with van der Waals surface area (Å²) < 4.78 is 4.59. The van der Waals surface area contributed by atoms with Crippen molar-refractivity contribution in [3.63, 3.8) is 0 Å². The van der Waals surface area contributed by atoms with Gasteiger partial charge in [-0.2, -0.15) is 0 Å². The van der Waals surface area contributed by atoms with Crippen molar-refractivity contribution in [3.8, 4) is 10.6 Å². The quantitative estimate of drug-likeness (QED) is 0.802. The number of carbonyl (C=O) groups is 1. The van der Waals surface area contributed by atoms with Crippen molar-refractivity contribution in [1.29, 1.82) is 0 Å². The summed E-state index contributed by atoms with van der Waals surface area (Å²) >= 11 is 7.31. The number of methoxy groups -OCH3 is 1. The van der Waals surface area contributed by atoms with Crippen LogP contribution in [-0.4, -0.2) is 18.1 Å². The second-order valence-electron chi connectivity index (χ2n) is 3.40. The summed E-state index contributed by atoms with van der Waals surface area (Å²) in [7, 11) is 1.37. The second kappa shape index (κ2) is 5.29. The van der Waals surface area contributed by atoms with Crippen molar-refractivity contribution in [3.05, 3.63) is 40.4 Å². The van der Waals surface area contributed by atoms with Crippen LogP contribution in [0.2, 0.25) is 5.02 Å². The van der Waals surface area contributed by atoms with E-state index in [1.165, 1.54) is 18.4 Å². The average molecular weight is 268 g/mol. The first-order chi connectivity index (χ1) is 8.19. The summed E-state index contributed by atoms with van der Waals surface area (Å²) in [6.45, 7) is 0. The van der Waals surface area contributed by atoms with Crippen molar-refractivity contribution in [2.75, 3.05) is 7.11 Å². The van der Waals surface area contributed by atoms with Gasteiger partial charge >= 0.3 is 5.97 Å². The van der Waals surface area contributed by atoms with Crippen LogP contribution < -0.4 is 0 Å². The molecule has 0 aliphatic heterocycles. The van der Waals surface area contributed by atoms with Gasteiger partial charge in [-0.05, 0) is 12.1 Å². The Morgan fingerprint density at radius 1 is 1.41 bits per heavy atom. The molecule has 1 heterocycles. The number of thiazole rings is 1. The number of hydrogen-bond acceptors (Lipinski definition) is 4. The minimum Gasteiger partial charge on any atom is -0.469 e. The normalized spacial score (nSPS) is 10.2. The van der Waals surface area contributed by atoms with Gasteiger partial charge in [0.1, 0.15) is 5.01 Å². The minimum absolute atomic E-state index is 0.209. The lowest BCUT2D eigenvalue weighted by atomic mass is 10.2. The van der Waals surface area contributed by atoms with Crippen LogP contribution in [0.15, 0.2) is 29.6 Å². The molecule has 88 valence electrons. The molecular formula is C12H10ClNO2S. The van der Waals surface area contributed by atoms with E-state index < -0.39 is 0 Å². The van der Waals surface area contributed by atoms with Crippen molar-refractivity contribution in [2.24, 2.45) is 0 Å². The molecule has 0 bridgehead atoms. The molecule has 0 unspecified atom stereocenters. The molecule has 0 aliphatic carbocycles. The fourth-order valence-corrected chi connectivity index (χ4v) is 2.29. The van der Waals surface area contributed by atoms with E-state index in [4.69, 9.17) is 11.6 Å². The van der Waals surface area contributed by atoms with Gasteiger partial charge in [-0.15, -0.1) is 11.3 Å². The summed E-state index contributed by atoms with van der Waals surface area (Å²) in [5.74, 6) is -0.280. The molecule has 2 aromatic rings. The lowest BCUT2D eigenvalue weighted by Crippen LogP contribution is -2.04. The third-order valence-electron chi connectivity index (χ3n) is 2.20. The van der Waals surface area contributed by atoms with Gasteiger partial charge in [0.05, 0.1) is 19.2 Å². The van der Waals surface area contributed by atoms with E-state index >= 15 is 0 Å². The number of rotatable bonds is 3. The van der Waals surface area contributed by atoms with Crippen molar-refractivity contribution in [2.45, 2.75) is 6.42 Å². The van der Waals surface area contributed by atoms with Gasteiger partial charge in [-0.3, -0.25) is 4.79 Å². The zero-order chi connectivity index (χ0) is 12.3. The number of aromatic nitrogens is 1. The van der Waals surface area contributed by atoms with Gasteiger partial charge < -0.3 is 4.74 Å². The largest absolute Gasteiger partial charge is 0.469 e. The van der Waals surface area contributed by atoms with E-state index in [1.54, 1.807) is 0 Å². The highest BCUT2D eigenvalue weighted by molar-refractivity contribution is 7.13. The first-order valence-electron chi connectivity index (χ1n) is 4.96. The van der Waals surface area contributed by atoms with Crippen LogP contribution in [-0.2, 0) is 16.0 Å². The van der Waals surface area contributed by atoms with Gasteiger partial charge in [0, 0.05) is 16.0 Å². The lowest BCUT2D eigenvalue weighted by molar-refractivity contribution is -0.139. The predicted molar refractivity (Wildman–Crippen MR) is 68.3 cm³/mol. The highest BCUT2D eigenvalue weighted by atomic mass is 35.5. The Morgan fingerprint density at radius 2 is 2.12 bits per heavy atom. The molecule has 1 aromatic carbocycles. The number of esters is 1. The number of carbonyl (C=O) groups excluding carboxylic acids is 1. The van der Waals surface area contributed by atoms with Gasteiger partial charge in [-0.1, -0.05) is 23.7 Å². The minimum atomic E-state index is -0.280. The molecule has 17 heavy (non-hydrogen) atoms. The third kappa shape index (κ3) is 3.05. The van der Waals surface area contributed by atoms with Crippen LogP contribution in [0.1, 0.15) is 5.69 Å². The van der Waals surface area contributed by atoms with Gasteiger partial charge in [0.2, 0.25) is 0 Å². The molecule has 0 N–H and O–H groups in total. The van der Waals surface area contributed by atoms with Crippen LogP contribution in [0, 0.1) is 0 Å². The zero-order valence-electron chi connectivity index (χ0n) is 9.14. The molecule has 3 nitrogen and oxygen atoms in total. The van der Waals surface area contributed by atoms with E-state index in [0.717, 1.165) is 16.3 Å². The fourth-order valence-electron chi connectivity index (χ4n) is 1.33. The molecule has 0 spiro atoms. The smallest absolute Gasteiger partial charge is 0.311 e. The van der Waals surface area contributed by atoms with Crippen molar-refractivity contribution < 1.29 is 9.53 Å². The first kappa shape index (κ1) is 12.1. The third-order valence-corrected chi connectivity index (χ3v) is 3.39. The summed E-state index contributed by atoms with van der Waals surface area (Å²) in [5.41, 5.74) is 1.72. The Morgan fingerprint density at radius 3 is 2.76 bits per heavy atom. The van der Waals surface area contributed by atoms with Crippen LogP contribution in [0.25, 0.3) is 10.6 Å². The zero-order valence-corrected chi connectivity index (χ0v) is 10.7. The van der Waals surface area contributed by atoms with Crippen LogP contribution in [0.3, 0.4) is 0 Å². The molecule has 0 radical (unpaired) electrons. The second-order valence-corrected chi connectivity index (χ2v) is 4.70.